The fraction of sp³-hybridized carbons (Fsp3) is 0.538. The Bertz CT molecular complexity index is 396. The normalized spacial score (nSPS) is 11.2. The van der Waals surface area contributed by atoms with Gasteiger partial charge in [-0.1, -0.05) is 0 Å². The van der Waals surface area contributed by atoms with E-state index in [1.807, 2.05) is 6.92 Å². The van der Waals surface area contributed by atoms with Crippen LogP contribution in [0.2, 0.25) is 0 Å². The zero-order chi connectivity index (χ0) is 13.8. The van der Waals surface area contributed by atoms with Crippen LogP contribution in [0.5, 0.6) is 5.88 Å². The highest BCUT2D eigenvalue weighted by molar-refractivity contribution is 5.93. The van der Waals surface area contributed by atoms with Crippen LogP contribution in [0.1, 0.15) is 31.1 Å². The Kier molecular flexibility index (Phi) is 4.67. The number of aromatic nitrogens is 1. The Hall–Kier alpha value is -1.62. The highest BCUT2D eigenvalue weighted by Crippen LogP contribution is 2.11. The van der Waals surface area contributed by atoms with E-state index in [2.05, 4.69) is 4.98 Å². The van der Waals surface area contributed by atoms with Gasteiger partial charge in [0.25, 0.3) is 5.91 Å². The standard InChI is InChI=1S/C13H20N2O3/c1-5-18-11-7-6-10(8-14-11)12(16)15(4)9-13(2,3)17/h6-8,17H,5,9H2,1-4H3. The first-order chi connectivity index (χ1) is 8.33. The van der Waals surface area contributed by atoms with Gasteiger partial charge in [0.2, 0.25) is 5.88 Å². The number of rotatable bonds is 5. The van der Waals surface area contributed by atoms with Crippen molar-refractivity contribution in [1.82, 2.24) is 9.88 Å². The summed E-state index contributed by atoms with van der Waals surface area (Å²) in [6.45, 7) is 6.00. The zero-order valence-corrected chi connectivity index (χ0v) is 11.3. The van der Waals surface area contributed by atoms with Crippen molar-refractivity contribution in [3.63, 3.8) is 0 Å². The van der Waals surface area contributed by atoms with Crippen molar-refractivity contribution in [1.29, 1.82) is 0 Å². The fourth-order valence-corrected chi connectivity index (χ4v) is 1.61. The van der Waals surface area contributed by atoms with Gasteiger partial charge in [0, 0.05) is 25.9 Å². The summed E-state index contributed by atoms with van der Waals surface area (Å²) in [6, 6.07) is 3.33. The molecule has 1 amide bonds. The molecule has 0 fully saturated rings. The van der Waals surface area contributed by atoms with E-state index in [0.717, 1.165) is 0 Å². The number of hydrogen-bond donors (Lipinski definition) is 1. The Labute approximate surface area is 107 Å². The summed E-state index contributed by atoms with van der Waals surface area (Å²) in [5.41, 5.74) is -0.437. The molecule has 1 rings (SSSR count). The molecule has 0 spiro atoms. The van der Waals surface area contributed by atoms with Crippen LogP contribution in [-0.2, 0) is 0 Å². The maximum atomic E-state index is 12.0. The number of likely N-dealkylation sites (N-methyl/N-ethyl adjacent to an activating group) is 1. The molecule has 0 aliphatic carbocycles. The fourth-order valence-electron chi connectivity index (χ4n) is 1.61. The van der Waals surface area contributed by atoms with Crippen molar-refractivity contribution in [2.45, 2.75) is 26.4 Å². The van der Waals surface area contributed by atoms with Gasteiger partial charge < -0.3 is 14.7 Å². The molecule has 1 aromatic heterocycles. The summed E-state index contributed by atoms with van der Waals surface area (Å²) in [4.78, 5) is 17.5. The lowest BCUT2D eigenvalue weighted by Gasteiger charge is -2.25. The third-order valence-corrected chi connectivity index (χ3v) is 2.25. The highest BCUT2D eigenvalue weighted by atomic mass is 16.5. The lowest BCUT2D eigenvalue weighted by atomic mass is 10.1. The van der Waals surface area contributed by atoms with E-state index in [-0.39, 0.29) is 12.5 Å². The number of ether oxygens (including phenoxy) is 1. The van der Waals surface area contributed by atoms with Gasteiger partial charge in [-0.05, 0) is 26.8 Å². The number of amides is 1. The van der Waals surface area contributed by atoms with Crippen LogP contribution in [0.4, 0.5) is 0 Å². The molecule has 5 heteroatoms. The summed E-state index contributed by atoms with van der Waals surface area (Å²) in [5, 5.41) is 9.67. The summed E-state index contributed by atoms with van der Waals surface area (Å²) in [6.07, 6.45) is 1.48. The largest absolute Gasteiger partial charge is 0.478 e. The average molecular weight is 252 g/mol. The molecule has 0 aliphatic rings. The van der Waals surface area contributed by atoms with Crippen LogP contribution in [0, 0.1) is 0 Å². The third-order valence-electron chi connectivity index (χ3n) is 2.25. The van der Waals surface area contributed by atoms with Crippen LogP contribution in [0.25, 0.3) is 0 Å². The van der Waals surface area contributed by atoms with E-state index in [1.54, 1.807) is 33.0 Å². The van der Waals surface area contributed by atoms with Crippen LogP contribution in [0.3, 0.4) is 0 Å². The van der Waals surface area contributed by atoms with Gasteiger partial charge >= 0.3 is 0 Å². The quantitative estimate of drug-likeness (QED) is 0.858. The third kappa shape index (κ3) is 4.33. The molecular weight excluding hydrogens is 232 g/mol. The molecule has 5 nitrogen and oxygen atoms in total. The van der Waals surface area contributed by atoms with Gasteiger partial charge in [0.05, 0.1) is 17.8 Å². The summed E-state index contributed by atoms with van der Waals surface area (Å²) >= 11 is 0. The van der Waals surface area contributed by atoms with Crippen molar-refractivity contribution in [3.05, 3.63) is 23.9 Å². The molecule has 0 aliphatic heterocycles. The minimum absolute atomic E-state index is 0.173. The SMILES string of the molecule is CCOc1ccc(C(=O)N(C)CC(C)(C)O)cn1. The molecule has 0 unspecified atom stereocenters. The van der Waals surface area contributed by atoms with Gasteiger partial charge in [-0.25, -0.2) is 4.98 Å². The molecular formula is C13H20N2O3. The van der Waals surface area contributed by atoms with Gasteiger partial charge in [0.15, 0.2) is 0 Å². The summed E-state index contributed by atoms with van der Waals surface area (Å²) in [5.74, 6) is 0.326. The molecule has 18 heavy (non-hydrogen) atoms. The minimum atomic E-state index is -0.914. The highest BCUT2D eigenvalue weighted by Gasteiger charge is 2.20. The molecule has 1 N–H and O–H groups in total. The number of hydrogen-bond acceptors (Lipinski definition) is 4. The summed E-state index contributed by atoms with van der Waals surface area (Å²) < 4.78 is 5.21. The Morgan fingerprint density at radius 1 is 1.50 bits per heavy atom. The first-order valence-electron chi connectivity index (χ1n) is 5.90. The van der Waals surface area contributed by atoms with Crippen LogP contribution < -0.4 is 4.74 Å². The van der Waals surface area contributed by atoms with E-state index in [4.69, 9.17) is 4.74 Å². The molecule has 0 radical (unpaired) electrons. The molecule has 0 saturated carbocycles. The number of nitrogens with zero attached hydrogens (tertiary/aromatic N) is 2. The van der Waals surface area contributed by atoms with Crippen molar-refractivity contribution in [3.8, 4) is 5.88 Å². The van der Waals surface area contributed by atoms with E-state index in [0.29, 0.717) is 18.1 Å². The average Bonchev–Trinajstić information content (AvgIpc) is 2.27. The zero-order valence-electron chi connectivity index (χ0n) is 11.3. The first-order valence-corrected chi connectivity index (χ1v) is 5.90. The monoisotopic (exact) mass is 252 g/mol. The molecule has 0 bridgehead atoms. The lowest BCUT2D eigenvalue weighted by Crippen LogP contribution is -2.39. The van der Waals surface area contributed by atoms with Crippen molar-refractivity contribution in [2.24, 2.45) is 0 Å². The van der Waals surface area contributed by atoms with Crippen molar-refractivity contribution in [2.75, 3.05) is 20.2 Å². The maximum absolute atomic E-state index is 12.0. The maximum Gasteiger partial charge on any atom is 0.255 e. The second-order valence-corrected chi connectivity index (χ2v) is 4.79. The smallest absolute Gasteiger partial charge is 0.255 e. The van der Waals surface area contributed by atoms with Gasteiger partial charge in [-0.2, -0.15) is 0 Å². The van der Waals surface area contributed by atoms with Crippen LogP contribution in [0.15, 0.2) is 18.3 Å². The van der Waals surface area contributed by atoms with Gasteiger partial charge in [0.1, 0.15) is 0 Å². The molecule has 0 saturated heterocycles. The lowest BCUT2D eigenvalue weighted by molar-refractivity contribution is 0.0367. The predicted molar refractivity (Wildman–Crippen MR) is 68.7 cm³/mol. The first kappa shape index (κ1) is 14.4. The van der Waals surface area contributed by atoms with E-state index < -0.39 is 5.60 Å². The van der Waals surface area contributed by atoms with E-state index in [9.17, 15) is 9.90 Å². The van der Waals surface area contributed by atoms with Crippen molar-refractivity contribution < 1.29 is 14.6 Å². The number of carbonyl (C=O) groups excluding carboxylic acids is 1. The van der Waals surface area contributed by atoms with Crippen LogP contribution in [-0.4, -0.2) is 46.7 Å². The van der Waals surface area contributed by atoms with Gasteiger partial charge in [-0.3, -0.25) is 4.79 Å². The molecule has 1 aromatic rings. The second-order valence-electron chi connectivity index (χ2n) is 4.79. The number of carbonyl (C=O) groups is 1. The Morgan fingerprint density at radius 3 is 2.61 bits per heavy atom. The Balaban J connectivity index is 2.72. The topological polar surface area (TPSA) is 62.7 Å². The second kappa shape index (κ2) is 5.82. The molecule has 1 heterocycles. The summed E-state index contributed by atoms with van der Waals surface area (Å²) in [7, 11) is 1.65. The van der Waals surface area contributed by atoms with Crippen LogP contribution >= 0.6 is 0 Å². The van der Waals surface area contributed by atoms with Gasteiger partial charge in [-0.15, -0.1) is 0 Å². The van der Waals surface area contributed by atoms with E-state index >= 15 is 0 Å². The van der Waals surface area contributed by atoms with Crippen molar-refractivity contribution >= 4 is 5.91 Å². The molecule has 0 atom stereocenters. The Morgan fingerprint density at radius 2 is 2.17 bits per heavy atom. The minimum Gasteiger partial charge on any atom is -0.478 e. The molecule has 100 valence electrons. The van der Waals surface area contributed by atoms with E-state index in [1.165, 1.54) is 11.1 Å². The number of pyridine rings is 1. The predicted octanol–water partition coefficient (Wildman–Crippen LogP) is 1.32. The number of aliphatic hydroxyl groups is 1. The molecule has 0 aromatic carbocycles.